The number of nitrogens with zero attached hydrogens (tertiary/aromatic N) is 1. The van der Waals surface area contributed by atoms with E-state index in [-0.39, 0.29) is 11.6 Å². The molecule has 5 nitrogen and oxygen atoms in total. The van der Waals surface area contributed by atoms with Crippen molar-refractivity contribution in [3.63, 3.8) is 0 Å². The van der Waals surface area contributed by atoms with Gasteiger partial charge >= 0.3 is 0 Å². The number of hydrogen-bond donors (Lipinski definition) is 1. The summed E-state index contributed by atoms with van der Waals surface area (Å²) in [4.78, 5) is 21.6. The molecule has 0 radical (unpaired) electrons. The van der Waals surface area contributed by atoms with Crippen LogP contribution in [0.1, 0.15) is 24.5 Å². The molecule has 0 unspecified atom stereocenters. The number of carbonyl (C=O) groups excluding carboxylic acids is 1. The number of hydrogen-bond acceptors (Lipinski definition) is 3. The number of rotatable bonds is 2. The average molecular weight is 220 g/mol. The SMILES string of the molecule is CC(=O)Nc1ccc2c(c1[N+](=O)[O-])CCC2. The lowest BCUT2D eigenvalue weighted by molar-refractivity contribution is -0.384. The number of benzene rings is 1. The Bertz CT molecular complexity index is 469. The van der Waals surface area contributed by atoms with Crippen LogP contribution in [0.15, 0.2) is 12.1 Å². The van der Waals surface area contributed by atoms with Crippen LogP contribution in [0.2, 0.25) is 0 Å². The molecule has 1 aliphatic rings. The van der Waals surface area contributed by atoms with Crippen LogP contribution < -0.4 is 5.32 Å². The van der Waals surface area contributed by atoms with E-state index < -0.39 is 4.92 Å². The molecule has 0 saturated carbocycles. The van der Waals surface area contributed by atoms with Gasteiger partial charge < -0.3 is 5.32 Å². The highest BCUT2D eigenvalue weighted by atomic mass is 16.6. The molecular formula is C11H12N2O3. The highest BCUT2D eigenvalue weighted by molar-refractivity contribution is 5.92. The van der Waals surface area contributed by atoms with Gasteiger partial charge in [-0.15, -0.1) is 0 Å². The second kappa shape index (κ2) is 3.92. The number of nitro groups is 1. The lowest BCUT2D eigenvalue weighted by Gasteiger charge is -2.07. The second-order valence-corrected chi connectivity index (χ2v) is 3.89. The Morgan fingerprint density at radius 3 is 2.81 bits per heavy atom. The van der Waals surface area contributed by atoms with E-state index in [1.165, 1.54) is 6.92 Å². The molecule has 0 saturated heterocycles. The zero-order valence-corrected chi connectivity index (χ0v) is 8.95. The maximum atomic E-state index is 11.0. The van der Waals surface area contributed by atoms with Gasteiger partial charge in [-0.3, -0.25) is 14.9 Å². The van der Waals surface area contributed by atoms with Gasteiger partial charge in [0.2, 0.25) is 5.91 Å². The summed E-state index contributed by atoms with van der Waals surface area (Å²) in [6.07, 6.45) is 2.55. The first-order valence-corrected chi connectivity index (χ1v) is 5.16. The monoisotopic (exact) mass is 220 g/mol. The van der Waals surface area contributed by atoms with E-state index in [1.807, 2.05) is 6.07 Å². The van der Waals surface area contributed by atoms with Crippen molar-refractivity contribution in [1.82, 2.24) is 0 Å². The van der Waals surface area contributed by atoms with Gasteiger partial charge in [0.1, 0.15) is 5.69 Å². The summed E-state index contributed by atoms with van der Waals surface area (Å²) in [5, 5.41) is 13.5. The molecule has 1 aromatic rings. The summed E-state index contributed by atoms with van der Waals surface area (Å²) < 4.78 is 0. The van der Waals surface area contributed by atoms with Gasteiger partial charge in [-0.1, -0.05) is 6.07 Å². The van der Waals surface area contributed by atoms with Gasteiger partial charge in [0.05, 0.1) is 4.92 Å². The first-order chi connectivity index (χ1) is 7.59. The molecule has 1 N–H and O–H groups in total. The van der Waals surface area contributed by atoms with Gasteiger partial charge in [-0.05, 0) is 30.9 Å². The van der Waals surface area contributed by atoms with Crippen molar-refractivity contribution in [2.75, 3.05) is 5.32 Å². The minimum absolute atomic E-state index is 0.0604. The first kappa shape index (κ1) is 10.6. The van der Waals surface area contributed by atoms with Gasteiger partial charge in [-0.2, -0.15) is 0 Å². The summed E-state index contributed by atoms with van der Waals surface area (Å²) in [5.41, 5.74) is 2.17. The number of anilines is 1. The Morgan fingerprint density at radius 2 is 2.19 bits per heavy atom. The smallest absolute Gasteiger partial charge is 0.296 e. The van der Waals surface area contributed by atoms with Crippen molar-refractivity contribution in [3.8, 4) is 0 Å². The van der Waals surface area contributed by atoms with Crippen molar-refractivity contribution in [1.29, 1.82) is 0 Å². The molecule has 16 heavy (non-hydrogen) atoms. The Balaban J connectivity index is 2.53. The number of aryl methyl sites for hydroxylation is 1. The van der Waals surface area contributed by atoms with Crippen LogP contribution in [0.25, 0.3) is 0 Å². The van der Waals surface area contributed by atoms with Crippen molar-refractivity contribution >= 4 is 17.3 Å². The fourth-order valence-corrected chi connectivity index (χ4v) is 2.15. The minimum atomic E-state index is -0.407. The van der Waals surface area contributed by atoms with E-state index in [2.05, 4.69) is 5.32 Å². The van der Waals surface area contributed by atoms with Gasteiger partial charge in [0.25, 0.3) is 5.69 Å². The second-order valence-electron chi connectivity index (χ2n) is 3.89. The molecule has 0 spiro atoms. The highest BCUT2D eigenvalue weighted by Crippen LogP contribution is 2.36. The number of nitro benzene ring substituents is 1. The third-order valence-electron chi connectivity index (χ3n) is 2.75. The number of nitrogens with one attached hydrogen (secondary N) is 1. The Kier molecular flexibility index (Phi) is 2.60. The first-order valence-electron chi connectivity index (χ1n) is 5.16. The Morgan fingerprint density at radius 1 is 1.44 bits per heavy atom. The zero-order valence-electron chi connectivity index (χ0n) is 8.95. The van der Waals surface area contributed by atoms with E-state index in [4.69, 9.17) is 0 Å². The predicted molar refractivity (Wildman–Crippen MR) is 59.4 cm³/mol. The molecule has 0 fully saturated rings. The highest BCUT2D eigenvalue weighted by Gasteiger charge is 2.26. The molecule has 0 heterocycles. The zero-order chi connectivity index (χ0) is 11.7. The number of fused-ring (bicyclic) bond motifs is 1. The van der Waals surface area contributed by atoms with Gasteiger partial charge in [0, 0.05) is 12.5 Å². The molecule has 1 aliphatic carbocycles. The fourth-order valence-electron chi connectivity index (χ4n) is 2.15. The lowest BCUT2D eigenvalue weighted by Crippen LogP contribution is -2.09. The molecule has 0 bridgehead atoms. The summed E-state index contributed by atoms with van der Waals surface area (Å²) in [5.74, 6) is -0.291. The Hall–Kier alpha value is -1.91. The normalized spacial score (nSPS) is 13.3. The topological polar surface area (TPSA) is 72.2 Å². The van der Waals surface area contributed by atoms with Crippen molar-refractivity contribution in [2.45, 2.75) is 26.2 Å². The summed E-state index contributed by atoms with van der Waals surface area (Å²) >= 11 is 0. The third kappa shape index (κ3) is 1.76. The van der Waals surface area contributed by atoms with Crippen molar-refractivity contribution < 1.29 is 9.72 Å². The van der Waals surface area contributed by atoms with Gasteiger partial charge in [0.15, 0.2) is 0 Å². The van der Waals surface area contributed by atoms with E-state index in [1.54, 1.807) is 6.07 Å². The summed E-state index contributed by atoms with van der Waals surface area (Å²) in [6, 6.07) is 3.48. The van der Waals surface area contributed by atoms with E-state index in [9.17, 15) is 14.9 Å². The number of amides is 1. The van der Waals surface area contributed by atoms with Crippen LogP contribution in [-0.2, 0) is 17.6 Å². The molecule has 1 amide bonds. The molecule has 1 aromatic carbocycles. The molecule has 84 valence electrons. The third-order valence-corrected chi connectivity index (χ3v) is 2.75. The van der Waals surface area contributed by atoms with E-state index in [0.717, 1.165) is 30.4 Å². The van der Waals surface area contributed by atoms with Crippen LogP contribution in [0.5, 0.6) is 0 Å². The number of carbonyl (C=O) groups is 1. The lowest BCUT2D eigenvalue weighted by atomic mass is 10.1. The molecule has 2 rings (SSSR count). The van der Waals surface area contributed by atoms with Crippen molar-refractivity contribution in [2.24, 2.45) is 0 Å². The average Bonchev–Trinajstić information content (AvgIpc) is 2.63. The Labute approximate surface area is 92.6 Å². The molecular weight excluding hydrogens is 208 g/mol. The molecule has 5 heteroatoms. The summed E-state index contributed by atoms with van der Waals surface area (Å²) in [7, 11) is 0. The van der Waals surface area contributed by atoms with Crippen LogP contribution in [-0.4, -0.2) is 10.8 Å². The largest absolute Gasteiger partial charge is 0.321 e. The van der Waals surface area contributed by atoms with Crippen molar-refractivity contribution in [3.05, 3.63) is 33.4 Å². The standard InChI is InChI=1S/C11H12N2O3/c1-7(14)12-10-6-5-8-3-2-4-9(8)11(10)13(15)16/h5-6H,2-4H2,1H3,(H,12,14). The van der Waals surface area contributed by atoms with Gasteiger partial charge in [-0.25, -0.2) is 0 Å². The fraction of sp³-hybridized carbons (Fsp3) is 0.364. The summed E-state index contributed by atoms with van der Waals surface area (Å²) in [6.45, 7) is 1.34. The van der Waals surface area contributed by atoms with Crippen LogP contribution in [0.4, 0.5) is 11.4 Å². The van der Waals surface area contributed by atoms with E-state index in [0.29, 0.717) is 5.69 Å². The maximum Gasteiger partial charge on any atom is 0.296 e. The van der Waals surface area contributed by atoms with Crippen LogP contribution in [0, 0.1) is 10.1 Å². The van der Waals surface area contributed by atoms with Crippen LogP contribution >= 0.6 is 0 Å². The van der Waals surface area contributed by atoms with E-state index >= 15 is 0 Å². The minimum Gasteiger partial charge on any atom is -0.321 e. The molecule has 0 aliphatic heterocycles. The maximum absolute atomic E-state index is 11.0. The predicted octanol–water partition coefficient (Wildman–Crippen LogP) is 2.04. The van der Waals surface area contributed by atoms with Crippen LogP contribution in [0.3, 0.4) is 0 Å². The molecule has 0 aromatic heterocycles. The quantitative estimate of drug-likeness (QED) is 0.612. The molecule has 0 atom stereocenters.